The van der Waals surface area contributed by atoms with Gasteiger partial charge in [-0.3, -0.25) is 9.69 Å². The topological polar surface area (TPSA) is 71.0 Å². The van der Waals surface area contributed by atoms with Crippen molar-refractivity contribution >= 4 is 17.7 Å². The fourth-order valence-electron chi connectivity index (χ4n) is 5.26. The summed E-state index contributed by atoms with van der Waals surface area (Å²) < 4.78 is 10.7. The zero-order valence-electron chi connectivity index (χ0n) is 16.0. The van der Waals surface area contributed by atoms with E-state index >= 15 is 0 Å². The molecule has 0 unspecified atom stereocenters. The van der Waals surface area contributed by atoms with Gasteiger partial charge in [0.15, 0.2) is 11.5 Å². The van der Waals surface area contributed by atoms with Crippen LogP contribution in [-0.4, -0.2) is 65.5 Å². The lowest BCUT2D eigenvalue weighted by Gasteiger charge is -2.35. The predicted molar refractivity (Wildman–Crippen MR) is 108 cm³/mol. The quantitative estimate of drug-likeness (QED) is 0.804. The maximum absolute atomic E-state index is 12.7. The van der Waals surface area contributed by atoms with Crippen molar-refractivity contribution in [3.05, 3.63) is 23.8 Å². The molecule has 0 aromatic heterocycles. The molecular weight excluding hydrogens is 376 g/mol. The average molecular weight is 405 g/mol. The molecule has 4 aliphatic rings. The predicted octanol–water partition coefficient (Wildman–Crippen LogP) is 2.11. The summed E-state index contributed by atoms with van der Waals surface area (Å²) in [6, 6.07) is 5.77. The third-order valence-electron chi connectivity index (χ3n) is 6.83. The van der Waals surface area contributed by atoms with Crippen molar-refractivity contribution in [2.45, 2.75) is 43.9 Å². The number of fused-ring (bicyclic) bond motifs is 2. The fraction of sp³-hybridized carbons (Fsp3) is 0.667. The highest BCUT2D eigenvalue weighted by Crippen LogP contribution is 2.39. The Balaban J connectivity index is 1.21. The molecule has 0 spiro atoms. The SMILES string of the molecule is O=C(N[C@H]1C[C@H]2CN(C3CCSCC3)C[C@H]2C[C@@H]1O)c1ccc2c(c1)OCO2. The largest absolute Gasteiger partial charge is 0.454 e. The monoisotopic (exact) mass is 404 g/mol. The van der Waals surface area contributed by atoms with E-state index in [-0.39, 0.29) is 18.7 Å². The summed E-state index contributed by atoms with van der Waals surface area (Å²) in [6.45, 7) is 2.42. The summed E-state index contributed by atoms with van der Waals surface area (Å²) in [6.07, 6.45) is 3.75. The Morgan fingerprint density at radius 3 is 2.68 bits per heavy atom. The van der Waals surface area contributed by atoms with Gasteiger partial charge in [-0.15, -0.1) is 0 Å². The minimum Gasteiger partial charge on any atom is -0.454 e. The second kappa shape index (κ2) is 7.76. The van der Waals surface area contributed by atoms with Crippen molar-refractivity contribution in [1.29, 1.82) is 0 Å². The van der Waals surface area contributed by atoms with Crippen LogP contribution in [0.3, 0.4) is 0 Å². The van der Waals surface area contributed by atoms with Crippen LogP contribution < -0.4 is 14.8 Å². The molecular formula is C21H28N2O4S. The van der Waals surface area contributed by atoms with Crippen LogP contribution in [0.2, 0.25) is 0 Å². The maximum Gasteiger partial charge on any atom is 0.251 e. The van der Waals surface area contributed by atoms with Crippen LogP contribution in [0.1, 0.15) is 36.0 Å². The first-order chi connectivity index (χ1) is 13.7. The van der Waals surface area contributed by atoms with Crippen LogP contribution in [0.5, 0.6) is 11.5 Å². The Kier molecular flexibility index (Phi) is 5.15. The standard InChI is InChI=1S/C21H28N2O4S/c24-18-8-15-11-23(16-3-5-28-6-4-16)10-14(15)7-17(18)22-21(25)13-1-2-19-20(9-13)27-12-26-19/h1-2,9,14-18,24H,3-8,10-12H2,(H,22,25)/t14-,15+,17-,18-/m0/s1. The Labute approximate surface area is 169 Å². The average Bonchev–Trinajstić information content (AvgIpc) is 3.34. The number of nitrogens with one attached hydrogen (secondary N) is 1. The number of likely N-dealkylation sites (tertiary alicyclic amines) is 1. The molecule has 0 radical (unpaired) electrons. The van der Waals surface area contributed by atoms with Gasteiger partial charge < -0.3 is 19.9 Å². The molecule has 3 aliphatic heterocycles. The first kappa shape index (κ1) is 18.6. The fourth-order valence-corrected chi connectivity index (χ4v) is 6.34. The van der Waals surface area contributed by atoms with Gasteiger partial charge in [0.1, 0.15) is 0 Å². The smallest absolute Gasteiger partial charge is 0.251 e. The van der Waals surface area contributed by atoms with Crippen molar-refractivity contribution in [2.24, 2.45) is 11.8 Å². The Bertz CT molecular complexity index is 739. The molecule has 3 fully saturated rings. The van der Waals surface area contributed by atoms with E-state index in [2.05, 4.69) is 22.0 Å². The molecule has 6 nitrogen and oxygen atoms in total. The molecule has 1 aliphatic carbocycles. The molecule has 152 valence electrons. The van der Waals surface area contributed by atoms with Gasteiger partial charge in [-0.2, -0.15) is 11.8 Å². The van der Waals surface area contributed by atoms with Crippen LogP contribution in [0, 0.1) is 11.8 Å². The number of nitrogens with zero attached hydrogens (tertiary/aromatic N) is 1. The molecule has 2 N–H and O–H groups in total. The second-order valence-corrected chi connectivity index (χ2v) is 9.73. The van der Waals surface area contributed by atoms with Crippen molar-refractivity contribution in [2.75, 3.05) is 31.4 Å². The number of hydrogen-bond donors (Lipinski definition) is 2. The lowest BCUT2D eigenvalue weighted by molar-refractivity contribution is 0.0461. The van der Waals surface area contributed by atoms with Crippen LogP contribution in [-0.2, 0) is 0 Å². The molecule has 3 heterocycles. The Morgan fingerprint density at radius 1 is 1.11 bits per heavy atom. The molecule has 1 amide bonds. The zero-order chi connectivity index (χ0) is 19.1. The highest BCUT2D eigenvalue weighted by atomic mass is 32.2. The second-order valence-electron chi connectivity index (χ2n) is 8.50. The van der Waals surface area contributed by atoms with E-state index in [0.717, 1.165) is 25.9 Å². The summed E-state index contributed by atoms with van der Waals surface area (Å²) >= 11 is 2.06. The summed E-state index contributed by atoms with van der Waals surface area (Å²) in [5, 5.41) is 13.8. The minimum absolute atomic E-state index is 0.153. The molecule has 2 saturated heterocycles. The molecule has 1 aromatic carbocycles. The van der Waals surface area contributed by atoms with E-state index in [4.69, 9.17) is 9.47 Å². The molecule has 0 bridgehead atoms. The van der Waals surface area contributed by atoms with E-state index in [1.165, 1.54) is 24.3 Å². The molecule has 1 aromatic rings. The van der Waals surface area contributed by atoms with Crippen LogP contribution >= 0.6 is 11.8 Å². The molecule has 5 rings (SSSR count). The van der Waals surface area contributed by atoms with Gasteiger partial charge in [0.2, 0.25) is 6.79 Å². The number of aliphatic hydroxyl groups is 1. The summed E-state index contributed by atoms with van der Waals surface area (Å²) in [5.41, 5.74) is 0.548. The Hall–Kier alpha value is -1.44. The highest BCUT2D eigenvalue weighted by molar-refractivity contribution is 7.99. The van der Waals surface area contributed by atoms with Crippen molar-refractivity contribution in [3.63, 3.8) is 0 Å². The first-order valence-corrected chi connectivity index (χ1v) is 11.5. The lowest BCUT2D eigenvalue weighted by Crippen LogP contribution is -2.49. The first-order valence-electron chi connectivity index (χ1n) is 10.4. The number of carbonyl (C=O) groups excluding carboxylic acids is 1. The minimum atomic E-state index is -0.471. The van der Waals surface area contributed by atoms with Crippen molar-refractivity contribution < 1.29 is 19.4 Å². The molecule has 4 atom stereocenters. The van der Waals surface area contributed by atoms with Gasteiger partial charge in [0, 0.05) is 24.7 Å². The number of thioether (sulfide) groups is 1. The van der Waals surface area contributed by atoms with Gasteiger partial charge >= 0.3 is 0 Å². The van der Waals surface area contributed by atoms with E-state index in [1.807, 2.05) is 0 Å². The third-order valence-corrected chi connectivity index (χ3v) is 7.88. The lowest BCUT2D eigenvalue weighted by atomic mass is 9.77. The van der Waals surface area contributed by atoms with E-state index < -0.39 is 6.10 Å². The summed E-state index contributed by atoms with van der Waals surface area (Å²) in [5.74, 6) is 4.79. The van der Waals surface area contributed by atoms with Crippen molar-refractivity contribution in [3.8, 4) is 11.5 Å². The molecule has 7 heteroatoms. The normalized spacial score (nSPS) is 32.9. The maximum atomic E-state index is 12.7. The number of ether oxygens (including phenoxy) is 2. The third kappa shape index (κ3) is 3.60. The van der Waals surface area contributed by atoms with Crippen LogP contribution in [0.25, 0.3) is 0 Å². The number of carbonyl (C=O) groups is 1. The van der Waals surface area contributed by atoms with Gasteiger partial charge in [-0.25, -0.2) is 0 Å². The zero-order valence-corrected chi connectivity index (χ0v) is 16.8. The van der Waals surface area contributed by atoms with E-state index in [9.17, 15) is 9.90 Å². The van der Waals surface area contributed by atoms with Gasteiger partial charge in [0.25, 0.3) is 5.91 Å². The number of hydrogen-bond acceptors (Lipinski definition) is 6. The number of benzene rings is 1. The molecule has 28 heavy (non-hydrogen) atoms. The summed E-state index contributed by atoms with van der Waals surface area (Å²) in [4.78, 5) is 15.4. The van der Waals surface area contributed by atoms with Gasteiger partial charge in [-0.05, 0) is 67.2 Å². The number of amides is 1. The number of rotatable bonds is 3. The Morgan fingerprint density at radius 2 is 1.86 bits per heavy atom. The van der Waals surface area contributed by atoms with Crippen LogP contribution in [0.15, 0.2) is 18.2 Å². The molecule has 1 saturated carbocycles. The van der Waals surface area contributed by atoms with Gasteiger partial charge in [-0.1, -0.05) is 0 Å². The number of aliphatic hydroxyl groups excluding tert-OH is 1. The van der Waals surface area contributed by atoms with E-state index in [0.29, 0.717) is 34.9 Å². The highest BCUT2D eigenvalue weighted by Gasteiger charge is 2.43. The van der Waals surface area contributed by atoms with E-state index in [1.54, 1.807) is 18.2 Å². The van der Waals surface area contributed by atoms with Crippen molar-refractivity contribution in [1.82, 2.24) is 10.2 Å². The van der Waals surface area contributed by atoms with Crippen LogP contribution in [0.4, 0.5) is 0 Å². The summed E-state index contributed by atoms with van der Waals surface area (Å²) in [7, 11) is 0. The van der Waals surface area contributed by atoms with Gasteiger partial charge in [0.05, 0.1) is 12.1 Å².